The molecule has 0 atom stereocenters. The normalized spacial score (nSPS) is 13.4. The second kappa shape index (κ2) is 8.19. The minimum Gasteiger partial charge on any atom is -0.477 e. The molecule has 0 aliphatic carbocycles. The Balaban J connectivity index is 1.61. The van der Waals surface area contributed by atoms with Crippen molar-refractivity contribution in [3.63, 3.8) is 0 Å². The summed E-state index contributed by atoms with van der Waals surface area (Å²) >= 11 is 0. The molecular weight excluding hydrogens is 354 g/mol. The van der Waals surface area contributed by atoms with Gasteiger partial charge >= 0.3 is 0 Å². The summed E-state index contributed by atoms with van der Waals surface area (Å²) < 4.78 is 10.9. The van der Waals surface area contributed by atoms with Crippen molar-refractivity contribution in [3.8, 4) is 34.8 Å². The SMILES string of the molecule is CCCOc1ncc(-c2nc(-c3ccc4c(c3)CCNCC4)no2)cc1C#N. The zero-order chi connectivity index (χ0) is 19.3. The molecule has 0 unspecified atom stereocenters. The molecule has 1 aliphatic rings. The van der Waals surface area contributed by atoms with Crippen LogP contribution in [0.2, 0.25) is 0 Å². The first-order valence-corrected chi connectivity index (χ1v) is 9.48. The first-order valence-electron chi connectivity index (χ1n) is 9.48. The number of benzene rings is 1. The van der Waals surface area contributed by atoms with Crippen molar-refractivity contribution in [1.29, 1.82) is 5.26 Å². The number of aromatic nitrogens is 3. The van der Waals surface area contributed by atoms with Crippen molar-refractivity contribution in [2.75, 3.05) is 19.7 Å². The number of rotatable bonds is 5. The van der Waals surface area contributed by atoms with Gasteiger partial charge in [0, 0.05) is 11.8 Å². The van der Waals surface area contributed by atoms with Crippen LogP contribution in [-0.4, -0.2) is 34.8 Å². The number of nitrogens with one attached hydrogen (secondary N) is 1. The number of pyridine rings is 1. The molecule has 7 heteroatoms. The van der Waals surface area contributed by atoms with E-state index >= 15 is 0 Å². The van der Waals surface area contributed by atoms with Crippen molar-refractivity contribution >= 4 is 0 Å². The highest BCUT2D eigenvalue weighted by Gasteiger charge is 2.16. The van der Waals surface area contributed by atoms with Gasteiger partial charge in [0.25, 0.3) is 5.89 Å². The van der Waals surface area contributed by atoms with Gasteiger partial charge in [-0.2, -0.15) is 10.2 Å². The highest BCUT2D eigenvalue weighted by Crippen LogP contribution is 2.27. The molecular formula is C21H21N5O2. The van der Waals surface area contributed by atoms with Crippen LogP contribution in [0.4, 0.5) is 0 Å². The molecule has 0 fully saturated rings. The molecule has 0 radical (unpaired) electrons. The van der Waals surface area contributed by atoms with E-state index in [9.17, 15) is 5.26 Å². The highest BCUT2D eigenvalue weighted by molar-refractivity contribution is 5.62. The zero-order valence-electron chi connectivity index (χ0n) is 15.7. The van der Waals surface area contributed by atoms with Gasteiger partial charge in [-0.3, -0.25) is 0 Å². The standard InChI is InChI=1S/C21H21N5O2/c1-2-9-27-20-17(12-22)11-18(13-24-20)21-25-19(26-28-21)16-4-3-14-5-7-23-8-6-15(14)10-16/h3-4,10-11,13,23H,2,5-9H2,1H3. The van der Waals surface area contributed by atoms with E-state index < -0.39 is 0 Å². The summed E-state index contributed by atoms with van der Waals surface area (Å²) in [4.78, 5) is 8.74. The van der Waals surface area contributed by atoms with Crippen LogP contribution < -0.4 is 10.1 Å². The van der Waals surface area contributed by atoms with Gasteiger partial charge in [0.05, 0.1) is 12.2 Å². The van der Waals surface area contributed by atoms with E-state index in [1.807, 2.05) is 13.0 Å². The lowest BCUT2D eigenvalue weighted by molar-refractivity contribution is 0.304. The first kappa shape index (κ1) is 18.1. The quantitative estimate of drug-likeness (QED) is 0.731. The Morgan fingerprint density at radius 2 is 2.04 bits per heavy atom. The van der Waals surface area contributed by atoms with Gasteiger partial charge < -0.3 is 14.6 Å². The number of nitrogens with zero attached hydrogens (tertiary/aromatic N) is 4. The van der Waals surface area contributed by atoms with Gasteiger partial charge in [-0.05, 0) is 55.6 Å². The second-order valence-electron chi connectivity index (χ2n) is 6.69. The number of hydrogen-bond donors (Lipinski definition) is 1. The molecule has 0 saturated carbocycles. The summed E-state index contributed by atoms with van der Waals surface area (Å²) in [7, 11) is 0. The number of hydrogen-bond acceptors (Lipinski definition) is 7. The molecule has 7 nitrogen and oxygen atoms in total. The van der Waals surface area contributed by atoms with Crippen LogP contribution in [0, 0.1) is 11.3 Å². The summed E-state index contributed by atoms with van der Waals surface area (Å²) in [5.41, 5.74) is 4.55. The summed E-state index contributed by atoms with van der Waals surface area (Å²) in [6.07, 6.45) is 4.45. The fourth-order valence-electron chi connectivity index (χ4n) is 3.23. The molecule has 0 bridgehead atoms. The molecule has 1 N–H and O–H groups in total. The Labute approximate surface area is 163 Å². The lowest BCUT2D eigenvalue weighted by atomic mass is 10.00. The van der Waals surface area contributed by atoms with Gasteiger partial charge in [0.15, 0.2) is 0 Å². The Bertz CT molecular complexity index is 1020. The van der Waals surface area contributed by atoms with Crippen molar-refractivity contribution < 1.29 is 9.26 Å². The smallest absolute Gasteiger partial charge is 0.259 e. The van der Waals surface area contributed by atoms with E-state index in [-0.39, 0.29) is 0 Å². The average molecular weight is 375 g/mol. The third-order valence-electron chi connectivity index (χ3n) is 4.69. The third kappa shape index (κ3) is 3.73. The third-order valence-corrected chi connectivity index (χ3v) is 4.69. The Hall–Kier alpha value is -3.24. The summed E-state index contributed by atoms with van der Waals surface area (Å²) in [5.74, 6) is 1.18. The Morgan fingerprint density at radius 1 is 1.18 bits per heavy atom. The topological polar surface area (TPSA) is 96.9 Å². The predicted molar refractivity (Wildman–Crippen MR) is 104 cm³/mol. The van der Waals surface area contributed by atoms with Gasteiger partial charge in [0.2, 0.25) is 11.7 Å². The molecule has 28 heavy (non-hydrogen) atoms. The van der Waals surface area contributed by atoms with E-state index in [1.54, 1.807) is 12.3 Å². The summed E-state index contributed by atoms with van der Waals surface area (Å²) in [6.45, 7) is 4.49. The number of ether oxygens (including phenoxy) is 1. The minimum absolute atomic E-state index is 0.326. The van der Waals surface area contributed by atoms with Crippen molar-refractivity contribution in [1.82, 2.24) is 20.4 Å². The maximum Gasteiger partial charge on any atom is 0.259 e. The summed E-state index contributed by atoms with van der Waals surface area (Å²) in [5, 5.41) is 16.9. The van der Waals surface area contributed by atoms with Gasteiger partial charge in [0.1, 0.15) is 11.6 Å². The van der Waals surface area contributed by atoms with Crippen molar-refractivity contribution in [2.45, 2.75) is 26.2 Å². The van der Waals surface area contributed by atoms with Crippen LogP contribution in [-0.2, 0) is 12.8 Å². The van der Waals surface area contributed by atoms with Crippen LogP contribution in [0.15, 0.2) is 35.0 Å². The minimum atomic E-state index is 0.326. The lowest BCUT2D eigenvalue weighted by Crippen LogP contribution is -2.16. The van der Waals surface area contributed by atoms with Crippen LogP contribution in [0.1, 0.15) is 30.0 Å². The molecule has 1 aliphatic heterocycles. The maximum absolute atomic E-state index is 9.37. The Morgan fingerprint density at radius 3 is 2.86 bits per heavy atom. The van der Waals surface area contributed by atoms with E-state index in [1.165, 1.54) is 11.1 Å². The average Bonchev–Trinajstić information content (AvgIpc) is 3.11. The lowest BCUT2D eigenvalue weighted by Gasteiger charge is -2.06. The van der Waals surface area contributed by atoms with E-state index in [4.69, 9.17) is 9.26 Å². The number of fused-ring (bicyclic) bond motifs is 1. The molecule has 3 heterocycles. The molecule has 4 rings (SSSR count). The molecule has 2 aromatic heterocycles. The van der Waals surface area contributed by atoms with Gasteiger partial charge in [-0.25, -0.2) is 4.98 Å². The molecule has 0 saturated heterocycles. The second-order valence-corrected chi connectivity index (χ2v) is 6.69. The van der Waals surface area contributed by atoms with Crippen LogP contribution in [0.25, 0.3) is 22.8 Å². The van der Waals surface area contributed by atoms with E-state index in [2.05, 4.69) is 38.6 Å². The van der Waals surface area contributed by atoms with E-state index in [0.717, 1.165) is 37.9 Å². The van der Waals surface area contributed by atoms with Crippen LogP contribution in [0.3, 0.4) is 0 Å². The molecule has 0 amide bonds. The van der Waals surface area contributed by atoms with Crippen LogP contribution >= 0.6 is 0 Å². The van der Waals surface area contributed by atoms with Gasteiger partial charge in [-0.15, -0.1) is 0 Å². The van der Waals surface area contributed by atoms with Crippen molar-refractivity contribution in [2.24, 2.45) is 0 Å². The number of nitriles is 1. The highest BCUT2D eigenvalue weighted by atomic mass is 16.5. The van der Waals surface area contributed by atoms with Crippen LogP contribution in [0.5, 0.6) is 5.88 Å². The van der Waals surface area contributed by atoms with Crippen molar-refractivity contribution in [3.05, 3.63) is 47.2 Å². The monoisotopic (exact) mass is 375 g/mol. The molecule has 3 aromatic rings. The van der Waals surface area contributed by atoms with E-state index in [0.29, 0.717) is 35.3 Å². The fourth-order valence-corrected chi connectivity index (χ4v) is 3.23. The first-order chi connectivity index (χ1) is 13.8. The maximum atomic E-state index is 9.37. The van der Waals surface area contributed by atoms with Gasteiger partial charge in [-0.1, -0.05) is 24.2 Å². The molecule has 1 aromatic carbocycles. The summed E-state index contributed by atoms with van der Waals surface area (Å²) in [6, 6.07) is 10.1. The molecule has 142 valence electrons. The zero-order valence-corrected chi connectivity index (χ0v) is 15.7. The Kier molecular flexibility index (Phi) is 5.31. The largest absolute Gasteiger partial charge is 0.477 e. The molecule has 0 spiro atoms. The fraction of sp³-hybridized carbons (Fsp3) is 0.333. The predicted octanol–water partition coefficient (Wildman–Crippen LogP) is 3.15.